The standard InChI is InChI=1S/C17H20ClFN2/c1-10(13-8-11-5-6-12(13)7-11)21-15-4-2-3-14(19)17(15)20-16(21)9-18/h2-4,10-13H,5-9H2,1H3. The molecule has 4 heteroatoms. The predicted octanol–water partition coefficient (Wildman–Crippen LogP) is 4.91. The van der Waals surface area contributed by atoms with Crippen molar-refractivity contribution in [2.24, 2.45) is 17.8 Å². The minimum atomic E-state index is -0.252. The molecule has 0 aliphatic heterocycles. The number of nitrogens with zero attached hydrogens (tertiary/aromatic N) is 2. The average molecular weight is 307 g/mol. The molecule has 1 aromatic heterocycles. The van der Waals surface area contributed by atoms with Gasteiger partial charge >= 0.3 is 0 Å². The fourth-order valence-electron chi connectivity index (χ4n) is 4.76. The Morgan fingerprint density at radius 1 is 1.38 bits per heavy atom. The van der Waals surface area contributed by atoms with E-state index in [4.69, 9.17) is 11.6 Å². The molecule has 2 aliphatic carbocycles. The van der Waals surface area contributed by atoms with Crippen molar-refractivity contribution < 1.29 is 4.39 Å². The maximum Gasteiger partial charge on any atom is 0.151 e. The molecule has 4 rings (SSSR count). The number of para-hydroxylation sites is 1. The Kier molecular flexibility index (Phi) is 3.21. The Labute approximate surface area is 129 Å². The van der Waals surface area contributed by atoms with Gasteiger partial charge in [0.15, 0.2) is 5.82 Å². The summed E-state index contributed by atoms with van der Waals surface area (Å²) < 4.78 is 16.2. The fraction of sp³-hybridized carbons (Fsp3) is 0.588. The van der Waals surface area contributed by atoms with Crippen molar-refractivity contribution in [3.8, 4) is 0 Å². The smallest absolute Gasteiger partial charge is 0.151 e. The van der Waals surface area contributed by atoms with Gasteiger partial charge in [-0.15, -0.1) is 11.6 Å². The van der Waals surface area contributed by atoms with Crippen molar-refractivity contribution in [1.29, 1.82) is 0 Å². The molecular formula is C17H20ClFN2. The molecule has 0 saturated heterocycles. The SMILES string of the molecule is CC(C1CC2CCC1C2)n1c(CCl)nc2c(F)cccc21. The van der Waals surface area contributed by atoms with Crippen LogP contribution in [-0.2, 0) is 5.88 Å². The summed E-state index contributed by atoms with van der Waals surface area (Å²) in [6, 6.07) is 5.55. The molecule has 2 nitrogen and oxygen atoms in total. The largest absolute Gasteiger partial charge is 0.324 e. The molecule has 0 N–H and O–H groups in total. The zero-order chi connectivity index (χ0) is 14.6. The second-order valence-corrected chi connectivity index (χ2v) is 6.99. The zero-order valence-corrected chi connectivity index (χ0v) is 13.0. The number of hydrogen-bond acceptors (Lipinski definition) is 1. The van der Waals surface area contributed by atoms with Gasteiger partial charge in [0.25, 0.3) is 0 Å². The number of aromatic nitrogens is 2. The first kappa shape index (κ1) is 13.6. The molecule has 2 aliphatic rings. The number of rotatable bonds is 3. The quantitative estimate of drug-likeness (QED) is 0.737. The lowest BCUT2D eigenvalue weighted by Crippen LogP contribution is -2.23. The van der Waals surface area contributed by atoms with Crippen molar-refractivity contribution in [1.82, 2.24) is 9.55 Å². The van der Waals surface area contributed by atoms with Crippen LogP contribution in [0.15, 0.2) is 18.2 Å². The predicted molar refractivity (Wildman–Crippen MR) is 82.9 cm³/mol. The van der Waals surface area contributed by atoms with Crippen LogP contribution in [0.3, 0.4) is 0 Å². The Balaban J connectivity index is 1.80. The summed E-state index contributed by atoms with van der Waals surface area (Å²) in [5, 5.41) is 0. The first-order valence-corrected chi connectivity index (χ1v) is 8.43. The van der Waals surface area contributed by atoms with Crippen molar-refractivity contribution >= 4 is 22.6 Å². The van der Waals surface area contributed by atoms with E-state index in [1.807, 2.05) is 6.07 Å². The molecule has 1 aromatic carbocycles. The van der Waals surface area contributed by atoms with Crippen LogP contribution in [0.1, 0.15) is 44.5 Å². The van der Waals surface area contributed by atoms with Crippen molar-refractivity contribution in [2.45, 2.75) is 44.5 Å². The van der Waals surface area contributed by atoms with E-state index in [0.717, 1.165) is 23.2 Å². The van der Waals surface area contributed by atoms with Crippen molar-refractivity contribution in [2.75, 3.05) is 0 Å². The molecule has 112 valence electrons. The normalized spacial score (nSPS) is 29.4. The third-order valence-corrected chi connectivity index (χ3v) is 5.92. The highest BCUT2D eigenvalue weighted by Gasteiger charge is 2.42. The van der Waals surface area contributed by atoms with E-state index in [2.05, 4.69) is 16.5 Å². The summed E-state index contributed by atoms with van der Waals surface area (Å²) in [5.41, 5.74) is 1.35. The van der Waals surface area contributed by atoms with Gasteiger partial charge in [-0.2, -0.15) is 0 Å². The van der Waals surface area contributed by atoms with Crippen LogP contribution in [-0.4, -0.2) is 9.55 Å². The summed E-state index contributed by atoms with van der Waals surface area (Å²) in [7, 11) is 0. The van der Waals surface area contributed by atoms with Crippen LogP contribution in [0.4, 0.5) is 4.39 Å². The molecule has 4 atom stereocenters. The van der Waals surface area contributed by atoms with E-state index in [1.165, 1.54) is 31.7 Å². The monoisotopic (exact) mass is 306 g/mol. The first-order chi connectivity index (χ1) is 10.2. The number of imidazole rings is 1. The third-order valence-electron chi connectivity index (χ3n) is 5.68. The van der Waals surface area contributed by atoms with Crippen LogP contribution in [0.2, 0.25) is 0 Å². The van der Waals surface area contributed by atoms with Gasteiger partial charge < -0.3 is 4.57 Å². The molecule has 0 spiro atoms. The van der Waals surface area contributed by atoms with Gasteiger partial charge in [-0.3, -0.25) is 0 Å². The number of hydrogen-bond donors (Lipinski definition) is 0. The summed E-state index contributed by atoms with van der Waals surface area (Å²) in [6.07, 6.45) is 5.45. The second-order valence-electron chi connectivity index (χ2n) is 6.72. The van der Waals surface area contributed by atoms with Crippen LogP contribution < -0.4 is 0 Å². The lowest BCUT2D eigenvalue weighted by Gasteiger charge is -2.30. The fourth-order valence-corrected chi connectivity index (χ4v) is 4.94. The van der Waals surface area contributed by atoms with E-state index in [-0.39, 0.29) is 5.82 Å². The van der Waals surface area contributed by atoms with Crippen molar-refractivity contribution in [3.63, 3.8) is 0 Å². The Hall–Kier alpha value is -1.09. The zero-order valence-electron chi connectivity index (χ0n) is 12.2. The second kappa shape index (κ2) is 4.98. The molecule has 1 heterocycles. The lowest BCUT2D eigenvalue weighted by molar-refractivity contribution is 0.243. The molecule has 2 fully saturated rings. The third kappa shape index (κ3) is 2.01. The summed E-state index contributed by atoms with van der Waals surface area (Å²) in [4.78, 5) is 4.44. The lowest BCUT2D eigenvalue weighted by atomic mass is 9.83. The Morgan fingerprint density at radius 3 is 2.90 bits per heavy atom. The number of benzene rings is 1. The number of fused-ring (bicyclic) bond motifs is 3. The summed E-state index contributed by atoms with van der Waals surface area (Å²) >= 11 is 6.08. The average Bonchev–Trinajstić information content (AvgIpc) is 3.19. The van der Waals surface area contributed by atoms with Gasteiger partial charge in [-0.05, 0) is 56.1 Å². The maximum atomic E-state index is 14.0. The van der Waals surface area contributed by atoms with Crippen LogP contribution in [0, 0.1) is 23.6 Å². The minimum absolute atomic E-state index is 0.252. The van der Waals surface area contributed by atoms with Gasteiger partial charge in [-0.25, -0.2) is 9.37 Å². The van der Waals surface area contributed by atoms with Gasteiger partial charge in [0.1, 0.15) is 11.3 Å². The van der Waals surface area contributed by atoms with Gasteiger partial charge in [0.2, 0.25) is 0 Å². The molecule has 2 bridgehead atoms. The molecule has 4 unspecified atom stereocenters. The van der Waals surface area contributed by atoms with Crippen LogP contribution in [0.25, 0.3) is 11.0 Å². The molecule has 2 aromatic rings. The molecular weight excluding hydrogens is 287 g/mol. The van der Waals surface area contributed by atoms with Crippen LogP contribution >= 0.6 is 11.6 Å². The first-order valence-electron chi connectivity index (χ1n) is 7.90. The van der Waals surface area contributed by atoms with Gasteiger partial charge in [0.05, 0.1) is 11.4 Å². The molecule has 0 radical (unpaired) electrons. The maximum absolute atomic E-state index is 14.0. The molecule has 0 amide bonds. The minimum Gasteiger partial charge on any atom is -0.324 e. The molecule has 2 saturated carbocycles. The van der Waals surface area contributed by atoms with Gasteiger partial charge in [-0.1, -0.05) is 12.5 Å². The van der Waals surface area contributed by atoms with E-state index in [0.29, 0.717) is 23.4 Å². The van der Waals surface area contributed by atoms with Gasteiger partial charge in [0, 0.05) is 6.04 Å². The number of halogens is 2. The highest BCUT2D eigenvalue weighted by Crippen LogP contribution is 2.52. The Bertz CT molecular complexity index is 681. The summed E-state index contributed by atoms with van der Waals surface area (Å²) in [5.74, 6) is 3.31. The van der Waals surface area contributed by atoms with E-state index in [9.17, 15) is 4.39 Å². The van der Waals surface area contributed by atoms with E-state index < -0.39 is 0 Å². The van der Waals surface area contributed by atoms with E-state index in [1.54, 1.807) is 6.07 Å². The topological polar surface area (TPSA) is 17.8 Å². The van der Waals surface area contributed by atoms with E-state index >= 15 is 0 Å². The van der Waals surface area contributed by atoms with Crippen LogP contribution in [0.5, 0.6) is 0 Å². The highest BCUT2D eigenvalue weighted by atomic mass is 35.5. The highest BCUT2D eigenvalue weighted by molar-refractivity contribution is 6.16. The summed E-state index contributed by atoms with van der Waals surface area (Å²) in [6.45, 7) is 2.26. The molecule has 21 heavy (non-hydrogen) atoms. The van der Waals surface area contributed by atoms with Crippen molar-refractivity contribution in [3.05, 3.63) is 29.8 Å². The Morgan fingerprint density at radius 2 is 2.24 bits per heavy atom. The number of alkyl halides is 1.